The van der Waals surface area contributed by atoms with Gasteiger partial charge in [-0.1, -0.05) is 54.6 Å². The Morgan fingerprint density at radius 1 is 0.312 bits per heavy atom. The van der Waals surface area contributed by atoms with Crippen LogP contribution < -0.4 is 0 Å². The number of nitrogens with zero attached hydrogens (tertiary/aromatic N) is 3. The van der Waals surface area contributed by atoms with Gasteiger partial charge in [0.15, 0.2) is 16.7 Å². The van der Waals surface area contributed by atoms with Crippen LogP contribution in [0, 0.1) is 0 Å². The predicted molar refractivity (Wildman–Crippen MR) is 194 cm³/mol. The van der Waals surface area contributed by atoms with Crippen molar-refractivity contribution in [3.05, 3.63) is 128 Å². The Balaban J connectivity index is 1.56. The summed E-state index contributed by atoms with van der Waals surface area (Å²) >= 11 is 0. The maximum Gasteiger partial charge on any atom is 0.160 e. The van der Waals surface area contributed by atoms with Gasteiger partial charge in [0.05, 0.1) is 33.1 Å². The number of para-hydroxylation sites is 3. The molecule has 9 aromatic heterocycles. The first kappa shape index (κ1) is 23.6. The Morgan fingerprint density at radius 2 is 0.625 bits per heavy atom. The van der Waals surface area contributed by atoms with Gasteiger partial charge in [-0.05, 0) is 54.6 Å². The number of pyridine rings is 3. The van der Waals surface area contributed by atoms with E-state index in [9.17, 15) is 0 Å². The maximum atomic E-state index is 6.76. The Bertz CT molecular complexity index is 3170. The number of hydrogen-bond donors (Lipinski definition) is 0. The van der Waals surface area contributed by atoms with Crippen LogP contribution in [0.3, 0.4) is 0 Å². The van der Waals surface area contributed by atoms with Crippen molar-refractivity contribution >= 4 is 115 Å². The molecule has 0 saturated heterocycles. The lowest BCUT2D eigenvalue weighted by Crippen LogP contribution is -2.00. The number of rotatable bonds is 0. The van der Waals surface area contributed by atoms with Crippen molar-refractivity contribution in [2.45, 2.75) is 0 Å². The fourth-order valence-corrected chi connectivity index (χ4v) is 8.85. The highest BCUT2D eigenvalue weighted by atomic mass is 16.3. The van der Waals surface area contributed by atoms with Crippen LogP contribution in [0.1, 0.15) is 0 Å². The zero-order chi connectivity index (χ0) is 30.8. The van der Waals surface area contributed by atoms with Crippen LogP contribution in [0.15, 0.2) is 141 Å². The summed E-state index contributed by atoms with van der Waals surface area (Å²) < 4.78 is 27.2. The van der Waals surface area contributed by atoms with Gasteiger partial charge in [-0.25, -0.2) is 0 Å². The molecule has 4 aromatic carbocycles. The Morgan fingerprint density at radius 3 is 0.958 bits per heavy atom. The Hall–Kier alpha value is -6.66. The van der Waals surface area contributed by atoms with E-state index in [1.54, 1.807) is 0 Å². The zero-order valence-electron chi connectivity index (χ0n) is 25.2. The zero-order valence-corrected chi connectivity index (χ0v) is 25.2. The van der Waals surface area contributed by atoms with Crippen molar-refractivity contribution < 1.29 is 13.3 Å². The van der Waals surface area contributed by atoms with E-state index in [1.807, 2.05) is 18.2 Å². The number of aromatic nitrogens is 3. The lowest BCUT2D eigenvalue weighted by Gasteiger charge is -2.18. The normalized spacial score (nSPS) is 13.0. The van der Waals surface area contributed by atoms with E-state index in [0.717, 1.165) is 115 Å². The molecule has 48 heavy (non-hydrogen) atoms. The van der Waals surface area contributed by atoms with Crippen LogP contribution in [0.5, 0.6) is 0 Å². The van der Waals surface area contributed by atoms with Crippen LogP contribution in [0.4, 0.5) is 0 Å². The first-order valence-electron chi connectivity index (χ1n) is 16.2. The Kier molecular flexibility index (Phi) is 3.85. The first-order valence-corrected chi connectivity index (χ1v) is 16.2. The summed E-state index contributed by atoms with van der Waals surface area (Å²) in [5, 5.41) is 9.99. The molecule has 0 spiro atoms. The van der Waals surface area contributed by atoms with Crippen molar-refractivity contribution in [3.8, 4) is 0 Å². The molecule has 0 radical (unpaired) electrons. The van der Waals surface area contributed by atoms with E-state index in [-0.39, 0.29) is 0 Å². The van der Waals surface area contributed by atoms with Crippen molar-refractivity contribution in [1.82, 2.24) is 13.2 Å². The molecule has 0 saturated carbocycles. The summed E-state index contributed by atoms with van der Waals surface area (Å²) in [5.74, 6) is 0. The van der Waals surface area contributed by atoms with Crippen LogP contribution in [0.2, 0.25) is 0 Å². The molecule has 0 aliphatic carbocycles. The minimum absolute atomic E-state index is 0.870. The fraction of sp³-hybridized carbons (Fsp3) is 0. The Labute approximate surface area is 268 Å². The van der Waals surface area contributed by atoms with E-state index in [0.29, 0.717) is 0 Å². The second-order valence-electron chi connectivity index (χ2n) is 12.9. The van der Waals surface area contributed by atoms with Crippen LogP contribution in [-0.2, 0) is 0 Å². The second kappa shape index (κ2) is 7.82. The lowest BCUT2D eigenvalue weighted by atomic mass is 9.94. The van der Waals surface area contributed by atoms with Crippen molar-refractivity contribution in [2.75, 3.05) is 0 Å². The van der Waals surface area contributed by atoms with E-state index in [2.05, 4.69) is 123 Å². The molecular weight excluding hydrogens is 594 g/mol. The molecule has 0 unspecified atom stereocenters. The minimum atomic E-state index is 0.870. The van der Waals surface area contributed by atoms with Crippen molar-refractivity contribution in [1.29, 1.82) is 0 Å². The molecule has 6 heteroatoms. The van der Waals surface area contributed by atoms with Gasteiger partial charge < -0.3 is 26.5 Å². The third kappa shape index (κ3) is 2.49. The van der Waals surface area contributed by atoms with Gasteiger partial charge in [0.1, 0.15) is 16.7 Å². The maximum absolute atomic E-state index is 6.76. The molecule has 0 fully saturated rings. The molecule has 13 rings (SSSR count). The van der Waals surface area contributed by atoms with Crippen molar-refractivity contribution in [2.24, 2.45) is 0 Å². The van der Waals surface area contributed by atoms with E-state index < -0.39 is 0 Å². The number of benzene rings is 4. The third-order valence-electron chi connectivity index (χ3n) is 10.6. The molecular formula is C42H21N3O3. The second-order valence-corrected chi connectivity index (χ2v) is 12.9. The average molecular weight is 616 g/mol. The van der Waals surface area contributed by atoms with Crippen molar-refractivity contribution in [3.63, 3.8) is 0 Å². The van der Waals surface area contributed by atoms with Gasteiger partial charge >= 0.3 is 0 Å². The summed E-state index contributed by atoms with van der Waals surface area (Å²) in [6.07, 6.45) is 6.51. The standard InChI is InChI=1S/C42H21N3O3/c1-4-16-28-22(10-1)31-34-37(43-19-7-13-25(43)40(31)46-28)35-32-23-11-2-6-18-30(23)48-42(32)27-15-9-21-45(27)39(35)36-33-24-12-3-5-17-29(24)47-41(33)26-14-8-20-44(26)38(34)36/h1-21H. The lowest BCUT2D eigenvalue weighted by molar-refractivity contribution is 0.671. The van der Waals surface area contributed by atoms with Gasteiger partial charge in [0.25, 0.3) is 0 Å². The molecule has 6 nitrogen and oxygen atoms in total. The van der Waals surface area contributed by atoms with Gasteiger partial charge in [-0.15, -0.1) is 0 Å². The van der Waals surface area contributed by atoms with Crippen LogP contribution in [-0.4, -0.2) is 13.2 Å². The summed E-state index contributed by atoms with van der Waals surface area (Å²) in [5.41, 5.74) is 11.7. The van der Waals surface area contributed by atoms with Crippen LogP contribution >= 0.6 is 0 Å². The van der Waals surface area contributed by atoms with E-state index >= 15 is 0 Å². The van der Waals surface area contributed by atoms with E-state index in [4.69, 9.17) is 13.3 Å². The SMILES string of the molecule is c1ccc2c(c1)oc1c2c2c3c(c4c5ccccc5oc4c4cccn43)c3c(c4c5ccccc5oc4c4cccn43)c2n2cccc12. The molecule has 0 aliphatic heterocycles. The fourth-order valence-electron chi connectivity index (χ4n) is 8.85. The summed E-state index contributed by atoms with van der Waals surface area (Å²) in [4.78, 5) is 0. The van der Waals surface area contributed by atoms with Gasteiger partial charge in [0.2, 0.25) is 0 Å². The van der Waals surface area contributed by atoms with Gasteiger partial charge in [-0.2, -0.15) is 0 Å². The number of furan rings is 3. The molecule has 9 heterocycles. The topological polar surface area (TPSA) is 52.6 Å². The quantitative estimate of drug-likeness (QED) is 0.160. The number of hydrogen-bond acceptors (Lipinski definition) is 3. The number of fused-ring (bicyclic) bond motifs is 27. The molecule has 0 amide bonds. The van der Waals surface area contributed by atoms with Gasteiger partial charge in [0, 0.05) is 67.1 Å². The van der Waals surface area contributed by atoms with Crippen LogP contribution in [0.25, 0.3) is 115 Å². The minimum Gasteiger partial charge on any atom is -0.454 e. The molecule has 222 valence electrons. The predicted octanol–water partition coefficient (Wildman–Crippen LogP) is 11.6. The smallest absolute Gasteiger partial charge is 0.160 e. The highest BCUT2D eigenvalue weighted by Gasteiger charge is 2.29. The summed E-state index contributed by atoms with van der Waals surface area (Å²) in [6, 6.07) is 38.1. The largest absolute Gasteiger partial charge is 0.454 e. The molecule has 0 N–H and O–H groups in total. The summed E-state index contributed by atoms with van der Waals surface area (Å²) in [6.45, 7) is 0. The molecule has 0 aliphatic rings. The van der Waals surface area contributed by atoms with E-state index in [1.165, 1.54) is 0 Å². The monoisotopic (exact) mass is 615 g/mol. The molecule has 0 bridgehead atoms. The third-order valence-corrected chi connectivity index (χ3v) is 10.6. The first-order chi connectivity index (χ1) is 23.8. The average Bonchev–Trinajstić information content (AvgIpc) is 3.97. The molecule has 0 atom stereocenters. The molecule has 13 aromatic rings. The summed E-state index contributed by atoms with van der Waals surface area (Å²) in [7, 11) is 0. The highest BCUT2D eigenvalue weighted by Crippen LogP contribution is 2.51. The highest BCUT2D eigenvalue weighted by molar-refractivity contribution is 6.44. The van der Waals surface area contributed by atoms with Gasteiger partial charge in [-0.3, -0.25) is 0 Å².